The highest BCUT2D eigenvalue weighted by atomic mass is 16.6. The fourth-order valence-electron chi connectivity index (χ4n) is 6.87. The maximum Gasteiger partial charge on any atom is 0.306 e. The van der Waals surface area contributed by atoms with E-state index in [0.717, 1.165) is 35.1 Å². The summed E-state index contributed by atoms with van der Waals surface area (Å²) in [5.41, 5.74) is 3.21. The molecule has 0 heterocycles. The van der Waals surface area contributed by atoms with Crippen LogP contribution in [-0.4, -0.2) is 25.3 Å². The molecule has 1 atom stereocenters. The van der Waals surface area contributed by atoms with Gasteiger partial charge >= 0.3 is 5.97 Å². The molecule has 4 rings (SSSR count). The van der Waals surface area contributed by atoms with Crippen molar-refractivity contribution in [3.05, 3.63) is 144 Å². The predicted octanol–water partition coefficient (Wildman–Crippen LogP) is 12.4. The van der Waals surface area contributed by atoms with Crippen LogP contribution in [0.2, 0.25) is 0 Å². The molecule has 0 N–H and O–H groups in total. The highest BCUT2D eigenvalue weighted by molar-refractivity contribution is 5.69. The zero-order valence-electron chi connectivity index (χ0n) is 31.2. The number of hydrogen-bond acceptors (Lipinski definition) is 4. The zero-order chi connectivity index (χ0) is 35.7. The smallest absolute Gasteiger partial charge is 0.306 e. The molecule has 51 heavy (non-hydrogen) atoms. The number of carbonyl (C=O) groups is 1. The maximum absolute atomic E-state index is 13.2. The summed E-state index contributed by atoms with van der Waals surface area (Å²) in [5.74, 6) is -0.189. The molecule has 4 heteroatoms. The van der Waals surface area contributed by atoms with Gasteiger partial charge < -0.3 is 14.2 Å². The van der Waals surface area contributed by atoms with Crippen LogP contribution in [0, 0.1) is 0 Å². The number of benzene rings is 4. The normalized spacial score (nSPS) is 12.1. The Labute approximate surface area is 308 Å². The van der Waals surface area contributed by atoms with E-state index < -0.39 is 11.7 Å². The molecule has 0 saturated heterocycles. The molecule has 0 aromatic heterocycles. The molecule has 0 radical (unpaired) electrons. The van der Waals surface area contributed by atoms with Crippen molar-refractivity contribution in [2.24, 2.45) is 0 Å². The minimum Gasteiger partial charge on any atom is -0.457 e. The monoisotopic (exact) mass is 690 g/mol. The van der Waals surface area contributed by atoms with Gasteiger partial charge in [0, 0.05) is 6.42 Å². The first-order chi connectivity index (χ1) is 25.2. The summed E-state index contributed by atoms with van der Waals surface area (Å²) in [6.07, 6.45) is 19.3. The van der Waals surface area contributed by atoms with Crippen molar-refractivity contribution in [1.29, 1.82) is 0 Å². The Bertz CT molecular complexity index is 1330. The lowest BCUT2D eigenvalue weighted by molar-refractivity contribution is -0.160. The lowest BCUT2D eigenvalue weighted by Gasteiger charge is -2.37. The van der Waals surface area contributed by atoms with E-state index in [2.05, 4.69) is 43.3 Å². The van der Waals surface area contributed by atoms with E-state index in [9.17, 15) is 4.79 Å². The predicted molar refractivity (Wildman–Crippen MR) is 211 cm³/mol. The Morgan fingerprint density at radius 1 is 0.510 bits per heavy atom. The van der Waals surface area contributed by atoms with Crippen LogP contribution in [0.4, 0.5) is 0 Å². The second-order valence-corrected chi connectivity index (χ2v) is 13.9. The SMILES string of the molecule is CCCCCCCCCCCCCCCCCC(=O)O[C@H](COCc1ccccc1)COC(c1ccccc1)(c1ccccc1)c1ccccc1. The van der Waals surface area contributed by atoms with Crippen LogP contribution in [0.1, 0.15) is 132 Å². The summed E-state index contributed by atoms with van der Waals surface area (Å²) in [7, 11) is 0. The first-order valence-corrected chi connectivity index (χ1v) is 19.8. The molecule has 4 aromatic rings. The quantitative estimate of drug-likeness (QED) is 0.0355. The van der Waals surface area contributed by atoms with E-state index in [1.165, 1.54) is 83.5 Å². The van der Waals surface area contributed by atoms with Gasteiger partial charge in [-0.3, -0.25) is 4.79 Å². The Morgan fingerprint density at radius 2 is 0.902 bits per heavy atom. The van der Waals surface area contributed by atoms with E-state index in [1.54, 1.807) is 0 Å². The third-order valence-corrected chi connectivity index (χ3v) is 9.72. The molecule has 0 bridgehead atoms. The lowest BCUT2D eigenvalue weighted by atomic mass is 9.80. The first-order valence-electron chi connectivity index (χ1n) is 19.8. The van der Waals surface area contributed by atoms with E-state index in [4.69, 9.17) is 14.2 Å². The van der Waals surface area contributed by atoms with Crippen LogP contribution in [0.5, 0.6) is 0 Å². The summed E-state index contributed by atoms with van der Waals surface area (Å²) < 4.78 is 19.3. The Kier molecular flexibility index (Phi) is 19.2. The molecular weight excluding hydrogens is 629 g/mol. The topological polar surface area (TPSA) is 44.8 Å². The Morgan fingerprint density at radius 3 is 1.33 bits per heavy atom. The van der Waals surface area contributed by atoms with Crippen molar-refractivity contribution >= 4 is 5.97 Å². The molecule has 0 aliphatic heterocycles. The molecule has 0 amide bonds. The number of unbranched alkanes of at least 4 members (excludes halogenated alkanes) is 14. The second-order valence-electron chi connectivity index (χ2n) is 13.9. The van der Waals surface area contributed by atoms with Crippen molar-refractivity contribution in [1.82, 2.24) is 0 Å². The Balaban J connectivity index is 1.30. The van der Waals surface area contributed by atoms with Crippen LogP contribution in [0.25, 0.3) is 0 Å². The van der Waals surface area contributed by atoms with Gasteiger partial charge in [-0.15, -0.1) is 0 Å². The molecule has 0 aliphatic carbocycles. The molecule has 0 fully saturated rings. The summed E-state index contributed by atoms with van der Waals surface area (Å²) in [5, 5.41) is 0. The van der Waals surface area contributed by atoms with Crippen molar-refractivity contribution in [2.75, 3.05) is 13.2 Å². The Hall–Kier alpha value is -3.73. The van der Waals surface area contributed by atoms with E-state index in [-0.39, 0.29) is 19.2 Å². The maximum atomic E-state index is 13.2. The largest absolute Gasteiger partial charge is 0.457 e. The van der Waals surface area contributed by atoms with Crippen molar-refractivity contribution < 1.29 is 19.0 Å². The van der Waals surface area contributed by atoms with Crippen LogP contribution in [0.15, 0.2) is 121 Å². The van der Waals surface area contributed by atoms with Gasteiger partial charge in [0.05, 0.1) is 19.8 Å². The van der Waals surface area contributed by atoms with E-state index in [1.807, 2.05) is 84.9 Å². The lowest BCUT2D eigenvalue weighted by Crippen LogP contribution is -2.38. The molecule has 0 aliphatic rings. The van der Waals surface area contributed by atoms with Gasteiger partial charge in [-0.05, 0) is 28.7 Å². The fourth-order valence-corrected chi connectivity index (χ4v) is 6.87. The third-order valence-electron chi connectivity index (χ3n) is 9.72. The minimum absolute atomic E-state index is 0.179. The summed E-state index contributed by atoms with van der Waals surface area (Å²) in [6, 6.07) is 41.0. The van der Waals surface area contributed by atoms with E-state index >= 15 is 0 Å². The number of hydrogen-bond donors (Lipinski definition) is 0. The molecule has 0 spiro atoms. The van der Waals surface area contributed by atoms with Gasteiger partial charge in [-0.2, -0.15) is 0 Å². The van der Waals surface area contributed by atoms with Gasteiger partial charge in [0.25, 0.3) is 0 Å². The fraction of sp³-hybridized carbons (Fsp3) is 0.468. The third kappa shape index (κ3) is 14.4. The van der Waals surface area contributed by atoms with Gasteiger partial charge in [0.15, 0.2) is 0 Å². The number of ether oxygens (including phenoxy) is 3. The average molecular weight is 691 g/mol. The van der Waals surface area contributed by atoms with Crippen molar-refractivity contribution in [2.45, 2.75) is 128 Å². The highest BCUT2D eigenvalue weighted by Gasteiger charge is 2.38. The van der Waals surface area contributed by atoms with Crippen LogP contribution >= 0.6 is 0 Å². The van der Waals surface area contributed by atoms with Crippen molar-refractivity contribution in [3.8, 4) is 0 Å². The molecular formula is C47H62O4. The van der Waals surface area contributed by atoms with Gasteiger partial charge in [-0.25, -0.2) is 0 Å². The zero-order valence-corrected chi connectivity index (χ0v) is 31.2. The summed E-state index contributed by atoms with van der Waals surface area (Å²) in [6.45, 7) is 3.14. The standard InChI is InChI=1S/C47H62O4/c1-2-3-4-5-6-7-8-9-10-11-12-13-14-15-28-37-46(48)51-45(39-49-38-41-29-20-16-21-30-41)40-50-47(42-31-22-17-23-32-42,43-33-24-18-25-34-43)44-35-26-19-27-36-44/h16-27,29-36,45H,2-15,28,37-40H2,1H3/t45-/m1/s1. The van der Waals surface area contributed by atoms with E-state index in [0.29, 0.717) is 13.0 Å². The van der Waals surface area contributed by atoms with Crippen LogP contribution in [0.3, 0.4) is 0 Å². The van der Waals surface area contributed by atoms with Crippen molar-refractivity contribution in [3.63, 3.8) is 0 Å². The minimum atomic E-state index is -0.901. The molecule has 274 valence electrons. The van der Waals surface area contributed by atoms with Crippen LogP contribution in [-0.2, 0) is 31.2 Å². The summed E-state index contributed by atoms with van der Waals surface area (Å²) in [4.78, 5) is 13.2. The highest BCUT2D eigenvalue weighted by Crippen LogP contribution is 2.40. The van der Waals surface area contributed by atoms with Gasteiger partial charge in [0.1, 0.15) is 11.7 Å². The van der Waals surface area contributed by atoms with Crippen LogP contribution < -0.4 is 0 Å². The average Bonchev–Trinajstić information content (AvgIpc) is 3.18. The summed E-state index contributed by atoms with van der Waals surface area (Å²) >= 11 is 0. The first kappa shape index (κ1) is 40.0. The molecule has 4 aromatic carbocycles. The molecule has 4 nitrogen and oxygen atoms in total. The number of esters is 1. The van der Waals surface area contributed by atoms with Gasteiger partial charge in [0.2, 0.25) is 0 Å². The molecule has 0 unspecified atom stereocenters. The van der Waals surface area contributed by atoms with Gasteiger partial charge in [-0.1, -0.05) is 218 Å². The second kappa shape index (κ2) is 24.5. The molecule has 0 saturated carbocycles. The number of rotatable bonds is 27. The number of carbonyl (C=O) groups excluding carboxylic acids is 1.